The molecule has 2 atom stereocenters. The van der Waals surface area contributed by atoms with Crippen molar-refractivity contribution in [1.82, 2.24) is 10.5 Å². The Hall–Kier alpha value is -1.40. The van der Waals surface area contributed by atoms with E-state index in [-0.39, 0.29) is 17.4 Å². The van der Waals surface area contributed by atoms with E-state index < -0.39 is 5.54 Å². The molecule has 1 aliphatic carbocycles. The second-order valence-corrected chi connectivity index (χ2v) is 5.96. The van der Waals surface area contributed by atoms with Crippen molar-refractivity contribution in [3.05, 3.63) is 17.5 Å². The summed E-state index contributed by atoms with van der Waals surface area (Å²) < 4.78 is 10.7. The van der Waals surface area contributed by atoms with Gasteiger partial charge in [-0.15, -0.1) is 0 Å². The van der Waals surface area contributed by atoms with E-state index in [9.17, 15) is 4.79 Å². The highest BCUT2D eigenvalue weighted by Crippen LogP contribution is 2.49. The summed E-state index contributed by atoms with van der Waals surface area (Å²) in [7, 11) is 0. The van der Waals surface area contributed by atoms with E-state index in [4.69, 9.17) is 15.0 Å². The predicted octanol–water partition coefficient (Wildman–Crippen LogP) is 1.13. The van der Waals surface area contributed by atoms with Gasteiger partial charge in [-0.3, -0.25) is 4.79 Å². The van der Waals surface area contributed by atoms with Crippen molar-refractivity contribution < 1.29 is 14.1 Å². The third-order valence-corrected chi connectivity index (χ3v) is 4.34. The Balaban J connectivity index is 1.95. The summed E-state index contributed by atoms with van der Waals surface area (Å²) in [5.74, 6) is 0.449. The standard InChI is InChI=1S/C14H23N3O3/c1-5-19-11-7-14(15,13(11,3)4)12(18)16-8-10-6-9(2)17-20-10/h6,11H,5,7-8,15H2,1-4H3,(H,16,18). The maximum absolute atomic E-state index is 12.3. The minimum Gasteiger partial charge on any atom is -0.378 e. The largest absolute Gasteiger partial charge is 0.378 e. The van der Waals surface area contributed by atoms with Crippen LogP contribution in [0.5, 0.6) is 0 Å². The summed E-state index contributed by atoms with van der Waals surface area (Å²) in [5.41, 5.74) is 5.78. The van der Waals surface area contributed by atoms with Crippen molar-refractivity contribution >= 4 is 5.91 Å². The van der Waals surface area contributed by atoms with Crippen LogP contribution < -0.4 is 11.1 Å². The first-order chi connectivity index (χ1) is 9.31. The van der Waals surface area contributed by atoms with Crippen molar-refractivity contribution in [2.75, 3.05) is 6.61 Å². The second kappa shape index (κ2) is 5.18. The number of rotatable bonds is 5. The first-order valence-electron chi connectivity index (χ1n) is 6.92. The number of ether oxygens (including phenoxy) is 1. The molecule has 0 spiro atoms. The smallest absolute Gasteiger partial charge is 0.241 e. The number of aromatic nitrogens is 1. The zero-order valence-corrected chi connectivity index (χ0v) is 12.5. The molecule has 1 aliphatic rings. The minimum absolute atomic E-state index is 0.0239. The Morgan fingerprint density at radius 2 is 2.35 bits per heavy atom. The van der Waals surface area contributed by atoms with E-state index >= 15 is 0 Å². The number of nitrogens with one attached hydrogen (secondary N) is 1. The number of nitrogens with zero attached hydrogens (tertiary/aromatic N) is 1. The maximum atomic E-state index is 12.3. The lowest BCUT2D eigenvalue weighted by atomic mass is 9.54. The number of carbonyl (C=O) groups excluding carboxylic acids is 1. The van der Waals surface area contributed by atoms with Gasteiger partial charge in [0.25, 0.3) is 0 Å². The average molecular weight is 281 g/mol. The maximum Gasteiger partial charge on any atom is 0.241 e. The van der Waals surface area contributed by atoms with Gasteiger partial charge in [-0.1, -0.05) is 19.0 Å². The van der Waals surface area contributed by atoms with Crippen molar-refractivity contribution in [1.29, 1.82) is 0 Å². The molecule has 1 amide bonds. The monoisotopic (exact) mass is 281 g/mol. The lowest BCUT2D eigenvalue weighted by Crippen LogP contribution is -2.75. The predicted molar refractivity (Wildman–Crippen MR) is 73.8 cm³/mol. The van der Waals surface area contributed by atoms with E-state index in [1.807, 2.05) is 27.7 Å². The number of hydrogen-bond acceptors (Lipinski definition) is 5. The molecule has 1 aromatic rings. The highest BCUT2D eigenvalue weighted by Gasteiger charge is 2.62. The Morgan fingerprint density at radius 3 is 2.85 bits per heavy atom. The Morgan fingerprint density at radius 1 is 1.65 bits per heavy atom. The quantitative estimate of drug-likeness (QED) is 0.844. The number of carbonyl (C=O) groups is 1. The van der Waals surface area contributed by atoms with Crippen molar-refractivity contribution in [2.45, 2.75) is 52.3 Å². The van der Waals surface area contributed by atoms with E-state index in [1.165, 1.54) is 0 Å². The third-order valence-electron chi connectivity index (χ3n) is 4.34. The summed E-state index contributed by atoms with van der Waals surface area (Å²) in [5, 5.41) is 6.60. The van der Waals surface area contributed by atoms with E-state index in [0.717, 1.165) is 5.69 Å². The van der Waals surface area contributed by atoms with Gasteiger partial charge in [0, 0.05) is 24.5 Å². The van der Waals surface area contributed by atoms with Gasteiger partial charge in [0.1, 0.15) is 5.54 Å². The summed E-state index contributed by atoms with van der Waals surface area (Å²) in [6, 6.07) is 1.79. The first kappa shape index (κ1) is 15.0. The lowest BCUT2D eigenvalue weighted by Gasteiger charge is -2.57. The molecule has 2 rings (SSSR count). The molecule has 112 valence electrons. The Bertz CT molecular complexity index is 498. The minimum atomic E-state index is -0.901. The zero-order valence-electron chi connectivity index (χ0n) is 12.5. The zero-order chi connectivity index (χ0) is 15.0. The van der Waals surface area contributed by atoms with Gasteiger partial charge in [-0.05, 0) is 13.8 Å². The molecule has 2 unspecified atom stereocenters. The van der Waals surface area contributed by atoms with Crippen molar-refractivity contribution in [3.63, 3.8) is 0 Å². The molecule has 6 heteroatoms. The molecule has 1 heterocycles. The molecule has 1 aromatic heterocycles. The SMILES string of the molecule is CCOC1CC(N)(C(=O)NCc2cc(C)no2)C1(C)C. The molecule has 0 radical (unpaired) electrons. The number of nitrogens with two attached hydrogens (primary N) is 1. The fourth-order valence-corrected chi connectivity index (χ4v) is 2.65. The number of hydrogen-bond donors (Lipinski definition) is 2. The molecule has 1 saturated carbocycles. The van der Waals surface area contributed by atoms with E-state index in [0.29, 0.717) is 25.3 Å². The van der Waals surface area contributed by atoms with Crippen molar-refractivity contribution in [2.24, 2.45) is 11.1 Å². The molecule has 0 bridgehead atoms. The summed E-state index contributed by atoms with van der Waals surface area (Å²) in [4.78, 5) is 12.3. The van der Waals surface area contributed by atoms with Crippen LogP contribution in [-0.2, 0) is 16.1 Å². The van der Waals surface area contributed by atoms with E-state index in [1.54, 1.807) is 6.07 Å². The van der Waals surface area contributed by atoms with Crippen LogP contribution in [0.1, 0.15) is 38.6 Å². The molecule has 0 aliphatic heterocycles. The lowest BCUT2D eigenvalue weighted by molar-refractivity contribution is -0.170. The first-order valence-corrected chi connectivity index (χ1v) is 6.92. The summed E-state index contributed by atoms with van der Waals surface area (Å²) >= 11 is 0. The highest BCUT2D eigenvalue weighted by atomic mass is 16.5. The van der Waals surface area contributed by atoms with Crippen LogP contribution in [-0.4, -0.2) is 29.3 Å². The van der Waals surface area contributed by atoms with Crippen molar-refractivity contribution in [3.8, 4) is 0 Å². The van der Waals surface area contributed by atoms with Crippen LogP contribution in [0.25, 0.3) is 0 Å². The second-order valence-electron chi connectivity index (χ2n) is 5.96. The summed E-state index contributed by atoms with van der Waals surface area (Å²) in [6.45, 7) is 8.64. The highest BCUT2D eigenvalue weighted by molar-refractivity contribution is 5.88. The van der Waals surface area contributed by atoms with Crippen LogP contribution in [0, 0.1) is 12.3 Å². The molecular weight excluding hydrogens is 258 g/mol. The topological polar surface area (TPSA) is 90.4 Å². The molecule has 6 nitrogen and oxygen atoms in total. The molecular formula is C14H23N3O3. The normalized spacial score (nSPS) is 27.9. The molecule has 20 heavy (non-hydrogen) atoms. The van der Waals surface area contributed by atoms with Gasteiger partial charge >= 0.3 is 0 Å². The fraction of sp³-hybridized carbons (Fsp3) is 0.714. The molecule has 0 aromatic carbocycles. The molecule has 3 N–H and O–H groups in total. The van der Waals surface area contributed by atoms with Crippen LogP contribution in [0.4, 0.5) is 0 Å². The van der Waals surface area contributed by atoms with Gasteiger partial charge in [0.05, 0.1) is 18.3 Å². The summed E-state index contributed by atoms with van der Waals surface area (Å²) in [6.07, 6.45) is 0.561. The molecule has 0 saturated heterocycles. The van der Waals surface area contributed by atoms with Gasteiger partial charge in [-0.2, -0.15) is 0 Å². The Kier molecular flexibility index (Phi) is 3.88. The third kappa shape index (κ3) is 2.33. The van der Waals surface area contributed by atoms with Crippen LogP contribution in [0.15, 0.2) is 10.6 Å². The van der Waals surface area contributed by atoms with Gasteiger partial charge < -0.3 is 20.3 Å². The van der Waals surface area contributed by atoms with Gasteiger partial charge in [0.2, 0.25) is 5.91 Å². The van der Waals surface area contributed by atoms with Crippen LogP contribution in [0.2, 0.25) is 0 Å². The molecule has 1 fully saturated rings. The fourth-order valence-electron chi connectivity index (χ4n) is 2.65. The Labute approximate surface area is 119 Å². The number of amides is 1. The van der Waals surface area contributed by atoms with Gasteiger partial charge in [-0.25, -0.2) is 0 Å². The number of aryl methyl sites for hydroxylation is 1. The van der Waals surface area contributed by atoms with Gasteiger partial charge in [0.15, 0.2) is 5.76 Å². The average Bonchev–Trinajstić information content (AvgIpc) is 2.81. The van der Waals surface area contributed by atoms with E-state index in [2.05, 4.69) is 10.5 Å². The van der Waals surface area contributed by atoms with Crippen LogP contribution in [0.3, 0.4) is 0 Å². The van der Waals surface area contributed by atoms with Crippen LogP contribution >= 0.6 is 0 Å².